The molecule has 1 aromatic carbocycles. The Morgan fingerprint density at radius 3 is 2.68 bits per heavy atom. The van der Waals surface area contributed by atoms with Gasteiger partial charge in [-0.25, -0.2) is 4.98 Å². The number of hydrogen-bond acceptors (Lipinski definition) is 3. The molecule has 0 bridgehead atoms. The third-order valence-corrected chi connectivity index (χ3v) is 3.48. The summed E-state index contributed by atoms with van der Waals surface area (Å²) in [7, 11) is 0. The van der Waals surface area contributed by atoms with E-state index < -0.39 is 0 Å². The number of fused-ring (bicyclic) bond motifs is 1. The average molecular weight is 255 g/mol. The van der Waals surface area contributed by atoms with Gasteiger partial charge < -0.3 is 5.32 Å². The monoisotopic (exact) mass is 255 g/mol. The summed E-state index contributed by atoms with van der Waals surface area (Å²) in [5.41, 5.74) is 2.76. The fourth-order valence-corrected chi connectivity index (χ4v) is 2.50. The van der Waals surface area contributed by atoms with Crippen LogP contribution in [0.15, 0.2) is 35.1 Å². The van der Waals surface area contributed by atoms with Gasteiger partial charge in [0.25, 0.3) is 5.56 Å². The molecule has 98 valence electrons. The molecule has 0 unspecified atom stereocenters. The quantitative estimate of drug-likeness (QED) is 0.811. The highest BCUT2D eigenvalue weighted by Crippen LogP contribution is 2.18. The summed E-state index contributed by atoms with van der Waals surface area (Å²) in [6, 6.07) is 9.75. The Kier molecular flexibility index (Phi) is 3.31. The van der Waals surface area contributed by atoms with Gasteiger partial charge in [-0.1, -0.05) is 24.6 Å². The molecule has 4 heteroatoms. The van der Waals surface area contributed by atoms with E-state index in [1.165, 1.54) is 6.42 Å². The first-order valence-electron chi connectivity index (χ1n) is 6.77. The second kappa shape index (κ2) is 5.26. The lowest BCUT2D eigenvalue weighted by Gasteiger charge is -2.09. The number of nitrogens with one attached hydrogen (secondary N) is 2. The smallest absolute Gasteiger partial charge is 0.255 e. The van der Waals surface area contributed by atoms with E-state index in [0.29, 0.717) is 5.95 Å². The largest absolute Gasteiger partial charge is 0.326 e. The van der Waals surface area contributed by atoms with E-state index in [-0.39, 0.29) is 5.56 Å². The van der Waals surface area contributed by atoms with Crippen LogP contribution in [0.1, 0.15) is 30.5 Å². The van der Waals surface area contributed by atoms with Gasteiger partial charge in [0, 0.05) is 11.3 Å². The molecule has 0 aliphatic heterocycles. The number of aromatic nitrogens is 2. The molecular formula is C15H17N3O. The number of para-hydroxylation sites is 1. The molecule has 0 radical (unpaired) electrons. The molecule has 3 rings (SSSR count). The van der Waals surface area contributed by atoms with Crippen LogP contribution >= 0.6 is 0 Å². The molecule has 0 saturated heterocycles. The molecule has 0 saturated carbocycles. The van der Waals surface area contributed by atoms with Crippen LogP contribution in [0.4, 0.5) is 11.6 Å². The van der Waals surface area contributed by atoms with Crippen LogP contribution < -0.4 is 10.9 Å². The number of nitrogens with zero attached hydrogens (tertiary/aromatic N) is 1. The fraction of sp³-hybridized carbons (Fsp3) is 0.333. The molecule has 0 atom stereocenters. The molecule has 0 spiro atoms. The van der Waals surface area contributed by atoms with Gasteiger partial charge >= 0.3 is 0 Å². The third kappa shape index (κ3) is 2.67. The lowest BCUT2D eigenvalue weighted by molar-refractivity contribution is 0.708. The molecule has 19 heavy (non-hydrogen) atoms. The number of aryl methyl sites for hydroxylation is 1. The van der Waals surface area contributed by atoms with Gasteiger partial charge in [-0.3, -0.25) is 9.78 Å². The van der Waals surface area contributed by atoms with E-state index in [1.54, 1.807) is 0 Å². The van der Waals surface area contributed by atoms with Crippen molar-refractivity contribution in [1.82, 2.24) is 9.97 Å². The lowest BCUT2D eigenvalue weighted by atomic mass is 10.1. The maximum Gasteiger partial charge on any atom is 0.255 e. The molecule has 4 nitrogen and oxygen atoms in total. The minimum atomic E-state index is 0.00494. The zero-order chi connectivity index (χ0) is 13.1. The van der Waals surface area contributed by atoms with Gasteiger partial charge in [-0.05, 0) is 37.8 Å². The van der Waals surface area contributed by atoms with Crippen molar-refractivity contribution < 1.29 is 0 Å². The molecule has 0 amide bonds. The molecule has 1 aromatic heterocycles. The predicted octanol–water partition coefficient (Wildman–Crippen LogP) is 2.78. The van der Waals surface area contributed by atoms with Gasteiger partial charge in [0.2, 0.25) is 5.95 Å². The van der Waals surface area contributed by atoms with Crippen molar-refractivity contribution >= 4 is 11.6 Å². The lowest BCUT2D eigenvalue weighted by Crippen LogP contribution is -2.18. The van der Waals surface area contributed by atoms with Crippen molar-refractivity contribution in [2.75, 3.05) is 5.32 Å². The Balaban J connectivity index is 1.93. The van der Waals surface area contributed by atoms with Crippen molar-refractivity contribution in [3.05, 3.63) is 51.9 Å². The molecule has 1 heterocycles. The van der Waals surface area contributed by atoms with Crippen LogP contribution in [0.25, 0.3) is 0 Å². The Morgan fingerprint density at radius 1 is 1.05 bits per heavy atom. The number of H-pyrrole nitrogens is 1. The number of benzene rings is 1. The first-order valence-corrected chi connectivity index (χ1v) is 6.77. The summed E-state index contributed by atoms with van der Waals surface area (Å²) in [5.74, 6) is 0.539. The van der Waals surface area contributed by atoms with E-state index in [1.807, 2.05) is 30.3 Å². The van der Waals surface area contributed by atoms with Gasteiger partial charge in [-0.2, -0.15) is 0 Å². The Hall–Kier alpha value is -2.10. The standard InChI is InChI=1S/C15H17N3O/c19-14-12-9-5-2-6-10-13(12)17-15(18-14)16-11-7-3-1-4-8-11/h1,3-4,7-8H,2,5-6,9-10H2,(H2,16,17,18,19). The van der Waals surface area contributed by atoms with Crippen molar-refractivity contribution in [2.45, 2.75) is 32.1 Å². The first kappa shape index (κ1) is 12.0. The van der Waals surface area contributed by atoms with Gasteiger partial charge in [0.15, 0.2) is 0 Å². The van der Waals surface area contributed by atoms with Crippen LogP contribution in [0.2, 0.25) is 0 Å². The van der Waals surface area contributed by atoms with Gasteiger partial charge in [0.1, 0.15) is 0 Å². The van der Waals surface area contributed by atoms with Crippen LogP contribution in [0, 0.1) is 0 Å². The SMILES string of the molecule is O=c1[nH]c(Nc2ccccc2)nc2c1CCCCC2. The fourth-order valence-electron chi connectivity index (χ4n) is 2.50. The van der Waals surface area contributed by atoms with Gasteiger partial charge in [-0.15, -0.1) is 0 Å². The predicted molar refractivity (Wildman–Crippen MR) is 75.8 cm³/mol. The van der Waals surface area contributed by atoms with Crippen molar-refractivity contribution in [3.63, 3.8) is 0 Å². The second-order valence-corrected chi connectivity index (χ2v) is 4.89. The van der Waals surface area contributed by atoms with Crippen molar-refractivity contribution in [3.8, 4) is 0 Å². The normalized spacial score (nSPS) is 14.5. The molecule has 1 aliphatic carbocycles. The molecular weight excluding hydrogens is 238 g/mol. The van der Waals surface area contributed by atoms with E-state index in [0.717, 1.165) is 42.6 Å². The summed E-state index contributed by atoms with van der Waals surface area (Å²) in [5, 5.41) is 3.15. The molecule has 1 aliphatic rings. The van der Waals surface area contributed by atoms with E-state index >= 15 is 0 Å². The minimum Gasteiger partial charge on any atom is -0.326 e. The first-order chi connectivity index (χ1) is 9.33. The zero-order valence-corrected chi connectivity index (χ0v) is 10.8. The highest BCUT2D eigenvalue weighted by Gasteiger charge is 2.14. The highest BCUT2D eigenvalue weighted by molar-refractivity contribution is 5.52. The van der Waals surface area contributed by atoms with E-state index in [9.17, 15) is 4.79 Å². The zero-order valence-electron chi connectivity index (χ0n) is 10.8. The van der Waals surface area contributed by atoms with E-state index in [2.05, 4.69) is 15.3 Å². The molecule has 0 fully saturated rings. The second-order valence-electron chi connectivity index (χ2n) is 4.89. The summed E-state index contributed by atoms with van der Waals surface area (Å²) >= 11 is 0. The summed E-state index contributed by atoms with van der Waals surface area (Å²) in [6.07, 6.45) is 5.14. The van der Waals surface area contributed by atoms with Crippen LogP contribution in [0.5, 0.6) is 0 Å². The van der Waals surface area contributed by atoms with Gasteiger partial charge in [0.05, 0.1) is 5.69 Å². The topological polar surface area (TPSA) is 57.8 Å². The van der Waals surface area contributed by atoms with Crippen molar-refractivity contribution in [2.24, 2.45) is 0 Å². The Bertz CT molecular complexity index is 619. The highest BCUT2D eigenvalue weighted by atomic mass is 16.1. The summed E-state index contributed by atoms with van der Waals surface area (Å²) in [4.78, 5) is 19.5. The van der Waals surface area contributed by atoms with Crippen LogP contribution in [-0.4, -0.2) is 9.97 Å². The summed E-state index contributed by atoms with van der Waals surface area (Å²) in [6.45, 7) is 0. The van der Waals surface area contributed by atoms with Crippen molar-refractivity contribution in [1.29, 1.82) is 0 Å². The Labute approximate surface area is 111 Å². The number of anilines is 2. The Morgan fingerprint density at radius 2 is 1.84 bits per heavy atom. The minimum absolute atomic E-state index is 0.00494. The van der Waals surface area contributed by atoms with Crippen LogP contribution in [0.3, 0.4) is 0 Å². The van der Waals surface area contributed by atoms with Crippen LogP contribution in [-0.2, 0) is 12.8 Å². The maximum atomic E-state index is 12.1. The average Bonchev–Trinajstić information content (AvgIpc) is 2.65. The molecule has 2 N–H and O–H groups in total. The number of rotatable bonds is 2. The summed E-state index contributed by atoms with van der Waals surface area (Å²) < 4.78 is 0. The third-order valence-electron chi connectivity index (χ3n) is 3.48. The maximum absolute atomic E-state index is 12.1. The number of aromatic amines is 1. The number of hydrogen-bond donors (Lipinski definition) is 2. The molecule has 2 aromatic rings. The van der Waals surface area contributed by atoms with E-state index in [4.69, 9.17) is 0 Å².